The van der Waals surface area contributed by atoms with Crippen molar-refractivity contribution in [3.8, 4) is 11.4 Å². The number of piperidine rings is 1. The summed E-state index contributed by atoms with van der Waals surface area (Å²) in [5.74, 6) is 1.27. The zero-order valence-corrected chi connectivity index (χ0v) is 8.85. The molecule has 0 spiro atoms. The third-order valence-electron chi connectivity index (χ3n) is 2.83. The van der Waals surface area contributed by atoms with Crippen LogP contribution < -0.4 is 5.32 Å². The first-order valence-corrected chi connectivity index (χ1v) is 5.53. The third kappa shape index (κ3) is 1.74. The van der Waals surface area contributed by atoms with Gasteiger partial charge in [-0.1, -0.05) is 11.6 Å². The molecule has 2 aromatic heterocycles. The van der Waals surface area contributed by atoms with Crippen molar-refractivity contribution in [1.29, 1.82) is 0 Å². The van der Waals surface area contributed by atoms with Crippen molar-refractivity contribution in [2.45, 2.75) is 25.3 Å². The molecule has 1 fully saturated rings. The molecule has 0 bridgehead atoms. The van der Waals surface area contributed by atoms with Crippen LogP contribution in [0, 0.1) is 0 Å². The Morgan fingerprint density at radius 3 is 3.12 bits per heavy atom. The van der Waals surface area contributed by atoms with Crippen LogP contribution in [0.25, 0.3) is 11.4 Å². The summed E-state index contributed by atoms with van der Waals surface area (Å²) in [6, 6.07) is 2.03. The van der Waals surface area contributed by atoms with Crippen molar-refractivity contribution in [1.82, 2.24) is 15.5 Å². The van der Waals surface area contributed by atoms with Crippen molar-refractivity contribution in [2.75, 3.05) is 6.54 Å². The van der Waals surface area contributed by atoms with E-state index in [0.717, 1.165) is 18.5 Å². The van der Waals surface area contributed by atoms with Crippen LogP contribution in [0.5, 0.6) is 0 Å². The highest BCUT2D eigenvalue weighted by Gasteiger charge is 2.21. The summed E-state index contributed by atoms with van der Waals surface area (Å²) in [6.07, 6.45) is 6.71. The van der Waals surface area contributed by atoms with E-state index < -0.39 is 0 Å². The predicted octanol–water partition coefficient (Wildman–Crippen LogP) is 2.14. The Morgan fingerprint density at radius 1 is 1.38 bits per heavy atom. The van der Waals surface area contributed by atoms with Gasteiger partial charge in [-0.25, -0.2) is 0 Å². The standard InChI is InChI=1S/C11H13N3O2/c1-2-5-12-9(3-1)11-13-10(14-16-11)8-4-6-15-7-8/h4,6-7,9,12H,1-3,5H2/t9-/m0/s1. The molecule has 0 aromatic carbocycles. The molecule has 84 valence electrons. The highest BCUT2D eigenvalue weighted by molar-refractivity contribution is 5.51. The molecule has 1 aliphatic rings. The molecule has 1 aliphatic heterocycles. The minimum absolute atomic E-state index is 0.210. The highest BCUT2D eigenvalue weighted by Crippen LogP contribution is 2.24. The molecule has 0 saturated carbocycles. The van der Waals surface area contributed by atoms with Crippen LogP contribution in [-0.4, -0.2) is 16.7 Å². The number of nitrogens with one attached hydrogen (secondary N) is 1. The Morgan fingerprint density at radius 2 is 2.38 bits per heavy atom. The molecule has 3 heterocycles. The van der Waals surface area contributed by atoms with Gasteiger partial charge in [0, 0.05) is 0 Å². The molecule has 16 heavy (non-hydrogen) atoms. The fourth-order valence-corrected chi connectivity index (χ4v) is 1.95. The van der Waals surface area contributed by atoms with E-state index in [4.69, 9.17) is 8.94 Å². The lowest BCUT2D eigenvalue weighted by Crippen LogP contribution is -2.26. The van der Waals surface area contributed by atoms with Gasteiger partial charge >= 0.3 is 0 Å². The Kier molecular flexibility index (Phi) is 2.46. The van der Waals surface area contributed by atoms with Crippen LogP contribution in [0.1, 0.15) is 31.2 Å². The van der Waals surface area contributed by atoms with Crippen LogP contribution in [0.3, 0.4) is 0 Å². The topological polar surface area (TPSA) is 64.1 Å². The highest BCUT2D eigenvalue weighted by atomic mass is 16.5. The van der Waals surface area contributed by atoms with E-state index in [0.29, 0.717) is 11.7 Å². The van der Waals surface area contributed by atoms with E-state index in [1.165, 1.54) is 12.8 Å². The Labute approximate surface area is 92.8 Å². The van der Waals surface area contributed by atoms with E-state index in [1.807, 2.05) is 6.07 Å². The van der Waals surface area contributed by atoms with Crippen LogP contribution in [-0.2, 0) is 0 Å². The summed E-state index contributed by atoms with van der Waals surface area (Å²) in [4.78, 5) is 4.38. The maximum atomic E-state index is 5.26. The van der Waals surface area contributed by atoms with E-state index in [9.17, 15) is 0 Å². The van der Waals surface area contributed by atoms with Crippen molar-refractivity contribution < 1.29 is 8.94 Å². The van der Waals surface area contributed by atoms with Gasteiger partial charge in [-0.2, -0.15) is 4.98 Å². The maximum absolute atomic E-state index is 5.26. The molecule has 0 aliphatic carbocycles. The molecule has 1 N–H and O–H groups in total. The monoisotopic (exact) mass is 219 g/mol. The number of hydrogen-bond acceptors (Lipinski definition) is 5. The van der Waals surface area contributed by atoms with E-state index in [1.54, 1.807) is 12.5 Å². The molecular weight excluding hydrogens is 206 g/mol. The fraction of sp³-hybridized carbons (Fsp3) is 0.455. The molecule has 3 rings (SSSR count). The number of nitrogens with zero attached hydrogens (tertiary/aromatic N) is 2. The van der Waals surface area contributed by atoms with Crippen LogP contribution in [0.4, 0.5) is 0 Å². The van der Waals surface area contributed by atoms with Gasteiger partial charge in [0.2, 0.25) is 11.7 Å². The second-order valence-electron chi connectivity index (χ2n) is 3.97. The lowest BCUT2D eigenvalue weighted by atomic mass is 10.1. The van der Waals surface area contributed by atoms with Crippen molar-refractivity contribution in [3.63, 3.8) is 0 Å². The quantitative estimate of drug-likeness (QED) is 0.838. The molecular formula is C11H13N3O2. The third-order valence-corrected chi connectivity index (χ3v) is 2.83. The largest absolute Gasteiger partial charge is 0.472 e. The van der Waals surface area contributed by atoms with Gasteiger partial charge < -0.3 is 14.3 Å². The number of hydrogen-bond donors (Lipinski definition) is 1. The molecule has 1 atom stereocenters. The first-order chi connectivity index (χ1) is 7.93. The van der Waals surface area contributed by atoms with Crippen LogP contribution in [0.15, 0.2) is 27.5 Å². The van der Waals surface area contributed by atoms with E-state index in [2.05, 4.69) is 15.5 Å². The first kappa shape index (κ1) is 9.59. The SMILES string of the molecule is c1cc(-c2noc([C@@H]3CCCCN3)n2)co1. The van der Waals surface area contributed by atoms with Gasteiger partial charge in [-0.05, 0) is 25.5 Å². The van der Waals surface area contributed by atoms with Gasteiger partial charge in [-0.15, -0.1) is 0 Å². The summed E-state index contributed by atoms with van der Waals surface area (Å²) in [5.41, 5.74) is 0.853. The normalized spacial score (nSPS) is 21.1. The van der Waals surface area contributed by atoms with Gasteiger partial charge in [-0.3, -0.25) is 0 Å². The average Bonchev–Trinajstić information content (AvgIpc) is 3.01. The fourth-order valence-electron chi connectivity index (χ4n) is 1.95. The lowest BCUT2D eigenvalue weighted by molar-refractivity contribution is 0.297. The second kappa shape index (κ2) is 4.09. The summed E-state index contributed by atoms with van der Waals surface area (Å²) in [6.45, 7) is 1.02. The number of aromatic nitrogens is 2. The van der Waals surface area contributed by atoms with Gasteiger partial charge in [0.1, 0.15) is 6.26 Å². The van der Waals surface area contributed by atoms with Gasteiger partial charge in [0.25, 0.3) is 0 Å². The number of rotatable bonds is 2. The predicted molar refractivity (Wildman–Crippen MR) is 56.6 cm³/mol. The Balaban J connectivity index is 1.82. The van der Waals surface area contributed by atoms with Gasteiger partial charge in [0.05, 0.1) is 17.9 Å². The van der Waals surface area contributed by atoms with Gasteiger partial charge in [0.15, 0.2) is 0 Å². The maximum Gasteiger partial charge on any atom is 0.244 e. The van der Waals surface area contributed by atoms with Crippen molar-refractivity contribution in [3.05, 3.63) is 24.5 Å². The van der Waals surface area contributed by atoms with Crippen molar-refractivity contribution >= 4 is 0 Å². The summed E-state index contributed by atoms with van der Waals surface area (Å²) in [5, 5.41) is 7.32. The van der Waals surface area contributed by atoms with E-state index >= 15 is 0 Å². The Hall–Kier alpha value is -1.62. The molecule has 5 heteroatoms. The van der Waals surface area contributed by atoms with Crippen LogP contribution >= 0.6 is 0 Å². The molecule has 5 nitrogen and oxygen atoms in total. The smallest absolute Gasteiger partial charge is 0.244 e. The summed E-state index contributed by atoms with van der Waals surface area (Å²) >= 11 is 0. The molecule has 1 saturated heterocycles. The van der Waals surface area contributed by atoms with E-state index in [-0.39, 0.29) is 6.04 Å². The average molecular weight is 219 g/mol. The minimum atomic E-state index is 0.210. The van der Waals surface area contributed by atoms with Crippen LogP contribution in [0.2, 0.25) is 0 Å². The lowest BCUT2D eigenvalue weighted by Gasteiger charge is -2.19. The zero-order chi connectivity index (χ0) is 10.8. The van der Waals surface area contributed by atoms with Crippen molar-refractivity contribution in [2.24, 2.45) is 0 Å². The summed E-state index contributed by atoms with van der Waals surface area (Å²) < 4.78 is 10.2. The first-order valence-electron chi connectivity index (χ1n) is 5.53. The molecule has 0 radical (unpaired) electrons. The second-order valence-corrected chi connectivity index (χ2v) is 3.97. The minimum Gasteiger partial charge on any atom is -0.472 e. The summed E-state index contributed by atoms with van der Waals surface area (Å²) in [7, 11) is 0. The molecule has 0 amide bonds. The molecule has 2 aromatic rings. The zero-order valence-electron chi connectivity index (χ0n) is 8.85. The number of furan rings is 1. The molecule has 0 unspecified atom stereocenters. The Bertz CT molecular complexity index is 444.